The normalized spacial score (nSPS) is 18.7. The van der Waals surface area contributed by atoms with Crippen LogP contribution in [0.3, 0.4) is 0 Å². The summed E-state index contributed by atoms with van der Waals surface area (Å²) in [5.74, 6) is 1.18. The minimum atomic E-state index is -0.230. The third-order valence-electron chi connectivity index (χ3n) is 6.39. The first-order valence-corrected chi connectivity index (χ1v) is 11.7. The highest BCUT2D eigenvalue weighted by Gasteiger charge is 2.25. The lowest BCUT2D eigenvalue weighted by Crippen LogP contribution is -2.50. The number of benzene rings is 1. The summed E-state index contributed by atoms with van der Waals surface area (Å²) in [5.41, 5.74) is 1.02. The van der Waals surface area contributed by atoms with Gasteiger partial charge in [-0.25, -0.2) is 9.78 Å². The van der Waals surface area contributed by atoms with Crippen molar-refractivity contribution in [2.24, 2.45) is 0 Å². The Morgan fingerprint density at radius 3 is 2.53 bits per heavy atom. The van der Waals surface area contributed by atoms with Crippen LogP contribution in [0.2, 0.25) is 0 Å². The van der Waals surface area contributed by atoms with Gasteiger partial charge in [-0.05, 0) is 43.4 Å². The van der Waals surface area contributed by atoms with Gasteiger partial charge in [-0.15, -0.1) is 0 Å². The summed E-state index contributed by atoms with van der Waals surface area (Å²) in [4.78, 5) is 34.0. The van der Waals surface area contributed by atoms with Crippen LogP contribution in [-0.2, 0) is 4.79 Å². The van der Waals surface area contributed by atoms with Crippen LogP contribution in [0.25, 0.3) is 0 Å². The number of nitrogens with one attached hydrogen (secondary N) is 2. The molecule has 1 unspecified atom stereocenters. The number of aromatic nitrogens is 1. The molecule has 3 heterocycles. The molecule has 2 aromatic rings. The van der Waals surface area contributed by atoms with Crippen LogP contribution in [0.1, 0.15) is 50.1 Å². The number of amides is 3. The minimum absolute atomic E-state index is 0.131. The van der Waals surface area contributed by atoms with Crippen LogP contribution in [0.5, 0.6) is 0 Å². The predicted octanol–water partition coefficient (Wildman–Crippen LogP) is 3.49. The van der Waals surface area contributed by atoms with Gasteiger partial charge in [-0.3, -0.25) is 4.79 Å². The maximum atomic E-state index is 12.9. The Labute approximate surface area is 190 Å². The number of likely N-dealkylation sites (tertiary alicyclic amines) is 1. The molecule has 0 saturated carbocycles. The summed E-state index contributed by atoms with van der Waals surface area (Å²) in [6, 6.07) is 15.6. The second-order valence-corrected chi connectivity index (χ2v) is 8.68. The summed E-state index contributed by atoms with van der Waals surface area (Å²) >= 11 is 0. The Morgan fingerprint density at radius 2 is 1.78 bits per heavy atom. The van der Waals surface area contributed by atoms with Gasteiger partial charge in [0, 0.05) is 44.8 Å². The summed E-state index contributed by atoms with van der Waals surface area (Å²) in [6.07, 6.45) is 7.23. The molecule has 1 atom stereocenters. The van der Waals surface area contributed by atoms with Crippen molar-refractivity contribution in [3.63, 3.8) is 0 Å². The standard InChI is InChI=1S/C25H33N5O2/c31-24-12-5-2-8-16-30(24)19-22(20-9-3-1-4-10-20)28-25(32)27-21-13-17-29(18-14-21)23-11-6-7-15-26-23/h1,3-4,6-7,9-11,15,21-22H,2,5,8,12-14,16-19H2,(H2,27,28,32). The average Bonchev–Trinajstić information content (AvgIpc) is 3.04. The number of carbonyl (C=O) groups excluding carboxylic acids is 2. The molecule has 2 aliphatic heterocycles. The molecule has 2 N–H and O–H groups in total. The van der Waals surface area contributed by atoms with Gasteiger partial charge >= 0.3 is 6.03 Å². The maximum Gasteiger partial charge on any atom is 0.315 e. The van der Waals surface area contributed by atoms with E-state index in [1.54, 1.807) is 0 Å². The summed E-state index contributed by atoms with van der Waals surface area (Å²) in [6.45, 7) is 3.00. The van der Waals surface area contributed by atoms with E-state index in [1.807, 2.05) is 59.6 Å². The van der Waals surface area contributed by atoms with Gasteiger partial charge in [0.05, 0.1) is 6.04 Å². The van der Waals surface area contributed by atoms with Crippen LogP contribution in [-0.4, -0.2) is 54.0 Å². The number of rotatable bonds is 6. The van der Waals surface area contributed by atoms with Crippen LogP contribution < -0.4 is 15.5 Å². The fourth-order valence-corrected chi connectivity index (χ4v) is 4.55. The number of hydrogen-bond acceptors (Lipinski definition) is 4. The van der Waals surface area contributed by atoms with Crippen molar-refractivity contribution in [3.8, 4) is 0 Å². The van der Waals surface area contributed by atoms with Gasteiger partial charge < -0.3 is 20.4 Å². The Balaban J connectivity index is 1.34. The van der Waals surface area contributed by atoms with Crippen LogP contribution in [0.4, 0.5) is 10.6 Å². The van der Waals surface area contributed by atoms with Gasteiger partial charge in [0.2, 0.25) is 5.91 Å². The summed E-state index contributed by atoms with van der Waals surface area (Å²) in [7, 11) is 0. The second-order valence-electron chi connectivity index (χ2n) is 8.68. The molecule has 2 fully saturated rings. The first-order chi connectivity index (χ1) is 15.7. The zero-order valence-corrected chi connectivity index (χ0v) is 18.6. The molecule has 0 aliphatic carbocycles. The van der Waals surface area contributed by atoms with Crippen molar-refractivity contribution < 1.29 is 9.59 Å². The number of pyridine rings is 1. The molecule has 3 amide bonds. The Morgan fingerprint density at radius 1 is 1.00 bits per heavy atom. The number of piperidine rings is 1. The summed E-state index contributed by atoms with van der Waals surface area (Å²) < 4.78 is 0. The minimum Gasteiger partial charge on any atom is -0.356 e. The van der Waals surface area contributed by atoms with E-state index in [-0.39, 0.29) is 24.0 Å². The fraction of sp³-hybridized carbons (Fsp3) is 0.480. The lowest BCUT2D eigenvalue weighted by molar-refractivity contribution is -0.131. The first-order valence-electron chi connectivity index (χ1n) is 11.7. The molecule has 4 rings (SSSR count). The number of hydrogen-bond donors (Lipinski definition) is 2. The molecule has 32 heavy (non-hydrogen) atoms. The van der Waals surface area contributed by atoms with Crippen molar-refractivity contribution in [2.75, 3.05) is 31.1 Å². The second kappa shape index (κ2) is 11.0. The molecular weight excluding hydrogens is 402 g/mol. The highest BCUT2D eigenvalue weighted by atomic mass is 16.2. The Bertz CT molecular complexity index is 868. The van der Waals surface area contributed by atoms with E-state index in [9.17, 15) is 9.59 Å². The van der Waals surface area contributed by atoms with E-state index in [1.165, 1.54) is 0 Å². The molecule has 0 spiro atoms. The molecule has 1 aromatic heterocycles. The van der Waals surface area contributed by atoms with E-state index >= 15 is 0 Å². The van der Waals surface area contributed by atoms with E-state index in [2.05, 4.69) is 20.5 Å². The largest absolute Gasteiger partial charge is 0.356 e. The predicted molar refractivity (Wildman–Crippen MR) is 125 cm³/mol. The average molecular weight is 436 g/mol. The van der Waals surface area contributed by atoms with Crippen LogP contribution >= 0.6 is 0 Å². The van der Waals surface area contributed by atoms with Crippen molar-refractivity contribution in [3.05, 3.63) is 60.3 Å². The van der Waals surface area contributed by atoms with Gasteiger partial charge in [-0.2, -0.15) is 0 Å². The van der Waals surface area contributed by atoms with Crippen molar-refractivity contribution >= 4 is 17.8 Å². The zero-order chi connectivity index (χ0) is 22.2. The molecular formula is C25H33N5O2. The van der Waals surface area contributed by atoms with Crippen molar-refractivity contribution in [1.82, 2.24) is 20.5 Å². The maximum absolute atomic E-state index is 12.9. The molecule has 7 nitrogen and oxygen atoms in total. The first kappa shape index (κ1) is 22.1. The van der Waals surface area contributed by atoms with E-state index < -0.39 is 0 Å². The number of urea groups is 1. The highest BCUT2D eigenvalue weighted by Crippen LogP contribution is 2.20. The quantitative estimate of drug-likeness (QED) is 0.728. The summed E-state index contributed by atoms with van der Waals surface area (Å²) in [5, 5.41) is 6.29. The monoisotopic (exact) mass is 435 g/mol. The molecule has 7 heteroatoms. The van der Waals surface area contributed by atoms with E-state index in [0.717, 1.165) is 63.1 Å². The third-order valence-corrected chi connectivity index (χ3v) is 6.39. The van der Waals surface area contributed by atoms with Crippen molar-refractivity contribution in [1.29, 1.82) is 0 Å². The van der Waals surface area contributed by atoms with E-state index in [4.69, 9.17) is 0 Å². The van der Waals surface area contributed by atoms with Gasteiger partial charge in [-0.1, -0.05) is 42.8 Å². The SMILES string of the molecule is O=C(NC1CCN(c2ccccn2)CC1)NC(CN1CCCCCC1=O)c1ccccc1. The van der Waals surface area contributed by atoms with Crippen LogP contribution in [0, 0.1) is 0 Å². The lowest BCUT2D eigenvalue weighted by Gasteiger charge is -2.34. The Hall–Kier alpha value is -3.09. The smallest absolute Gasteiger partial charge is 0.315 e. The number of anilines is 1. The van der Waals surface area contributed by atoms with Crippen LogP contribution in [0.15, 0.2) is 54.7 Å². The van der Waals surface area contributed by atoms with Gasteiger partial charge in [0.15, 0.2) is 0 Å². The Kier molecular flexibility index (Phi) is 7.59. The molecule has 1 aromatic carbocycles. The molecule has 2 aliphatic rings. The zero-order valence-electron chi connectivity index (χ0n) is 18.6. The highest BCUT2D eigenvalue weighted by molar-refractivity contribution is 5.77. The molecule has 0 radical (unpaired) electrons. The van der Waals surface area contributed by atoms with Crippen molar-refractivity contribution in [2.45, 2.75) is 50.6 Å². The molecule has 2 saturated heterocycles. The number of carbonyl (C=O) groups is 2. The van der Waals surface area contributed by atoms with Gasteiger partial charge in [0.25, 0.3) is 0 Å². The van der Waals surface area contributed by atoms with Gasteiger partial charge in [0.1, 0.15) is 5.82 Å². The number of nitrogens with zero attached hydrogens (tertiary/aromatic N) is 3. The lowest BCUT2D eigenvalue weighted by atomic mass is 10.0. The molecule has 170 valence electrons. The molecule has 0 bridgehead atoms. The fourth-order valence-electron chi connectivity index (χ4n) is 4.55. The topological polar surface area (TPSA) is 77.6 Å². The van der Waals surface area contributed by atoms with E-state index in [0.29, 0.717) is 13.0 Å². The third kappa shape index (κ3) is 5.99.